The molecule has 0 atom stereocenters. The molecule has 7 nitrogen and oxygen atoms in total. The standard InChI is InChI=1S/C20H20O7/c1-22-11-6-7-12-15(8-11)27-19(20(26-5)18(12)21)13-9-16(24-3)17(25-4)10-14(13)23-2/h6-10H,1-5H3. The van der Waals surface area contributed by atoms with E-state index in [4.69, 9.17) is 28.1 Å². The van der Waals surface area contributed by atoms with Crippen LogP contribution in [0.1, 0.15) is 0 Å². The van der Waals surface area contributed by atoms with Gasteiger partial charge in [0.1, 0.15) is 17.1 Å². The van der Waals surface area contributed by atoms with Gasteiger partial charge in [0.05, 0.1) is 46.5 Å². The minimum Gasteiger partial charge on any atom is -0.497 e. The van der Waals surface area contributed by atoms with Crippen molar-refractivity contribution in [1.82, 2.24) is 0 Å². The van der Waals surface area contributed by atoms with Crippen LogP contribution in [0.25, 0.3) is 22.3 Å². The molecule has 0 spiro atoms. The molecule has 0 fully saturated rings. The summed E-state index contributed by atoms with van der Waals surface area (Å²) in [7, 11) is 7.52. The molecule has 0 bridgehead atoms. The van der Waals surface area contributed by atoms with Gasteiger partial charge < -0.3 is 28.1 Å². The third kappa shape index (κ3) is 3.12. The van der Waals surface area contributed by atoms with Crippen molar-refractivity contribution in [2.24, 2.45) is 0 Å². The van der Waals surface area contributed by atoms with E-state index in [2.05, 4.69) is 0 Å². The lowest BCUT2D eigenvalue weighted by atomic mass is 10.1. The van der Waals surface area contributed by atoms with Crippen LogP contribution in [-0.4, -0.2) is 35.5 Å². The van der Waals surface area contributed by atoms with Crippen LogP contribution in [0.4, 0.5) is 0 Å². The molecule has 0 amide bonds. The number of ether oxygens (including phenoxy) is 5. The number of rotatable bonds is 6. The highest BCUT2D eigenvalue weighted by atomic mass is 16.5. The highest BCUT2D eigenvalue weighted by Gasteiger charge is 2.22. The molecule has 2 aromatic carbocycles. The molecule has 0 unspecified atom stereocenters. The molecule has 27 heavy (non-hydrogen) atoms. The molecule has 0 N–H and O–H groups in total. The summed E-state index contributed by atoms with van der Waals surface area (Å²) in [6, 6.07) is 8.30. The first kappa shape index (κ1) is 18.4. The van der Waals surface area contributed by atoms with Crippen LogP contribution in [0.5, 0.6) is 28.7 Å². The molecule has 0 saturated heterocycles. The van der Waals surface area contributed by atoms with Crippen LogP contribution in [-0.2, 0) is 0 Å². The van der Waals surface area contributed by atoms with E-state index in [1.807, 2.05) is 0 Å². The first-order valence-corrected chi connectivity index (χ1v) is 8.07. The first-order valence-electron chi connectivity index (χ1n) is 8.07. The predicted octanol–water partition coefficient (Wildman–Crippen LogP) is 3.50. The van der Waals surface area contributed by atoms with Gasteiger partial charge in [0.15, 0.2) is 17.3 Å². The van der Waals surface area contributed by atoms with Crippen molar-refractivity contribution in [2.75, 3.05) is 35.5 Å². The molecule has 3 rings (SSSR count). The molecule has 0 aliphatic heterocycles. The van der Waals surface area contributed by atoms with Gasteiger partial charge in [0, 0.05) is 12.1 Å². The van der Waals surface area contributed by atoms with Gasteiger partial charge in [-0.05, 0) is 18.2 Å². The summed E-state index contributed by atoms with van der Waals surface area (Å²) in [5.41, 5.74) is 0.564. The topological polar surface area (TPSA) is 76.4 Å². The largest absolute Gasteiger partial charge is 0.497 e. The van der Waals surface area contributed by atoms with Crippen LogP contribution < -0.4 is 29.1 Å². The maximum absolute atomic E-state index is 12.9. The summed E-state index contributed by atoms with van der Waals surface area (Å²) in [5, 5.41) is 0.385. The molecule has 3 aromatic rings. The Labute approximate surface area is 156 Å². The Morgan fingerprint density at radius 3 is 2.00 bits per heavy atom. The van der Waals surface area contributed by atoms with Gasteiger partial charge in [-0.2, -0.15) is 0 Å². The monoisotopic (exact) mass is 372 g/mol. The zero-order valence-electron chi connectivity index (χ0n) is 15.7. The number of methoxy groups -OCH3 is 5. The average Bonchev–Trinajstić information content (AvgIpc) is 2.71. The Morgan fingerprint density at radius 2 is 1.41 bits per heavy atom. The Hall–Kier alpha value is -3.35. The summed E-state index contributed by atoms with van der Waals surface area (Å²) in [6.45, 7) is 0. The molecule has 1 heterocycles. The summed E-state index contributed by atoms with van der Waals surface area (Å²) in [6.07, 6.45) is 0. The van der Waals surface area contributed by atoms with Crippen molar-refractivity contribution in [2.45, 2.75) is 0 Å². The minimum absolute atomic E-state index is 0.0678. The third-order valence-electron chi connectivity index (χ3n) is 4.21. The van der Waals surface area contributed by atoms with E-state index in [9.17, 15) is 4.79 Å². The lowest BCUT2D eigenvalue weighted by molar-refractivity contribution is 0.348. The molecule has 1 aromatic heterocycles. The van der Waals surface area contributed by atoms with Gasteiger partial charge in [-0.15, -0.1) is 0 Å². The number of hydrogen-bond acceptors (Lipinski definition) is 7. The molecule has 0 saturated carbocycles. The lowest BCUT2D eigenvalue weighted by Gasteiger charge is -2.15. The van der Waals surface area contributed by atoms with Gasteiger partial charge in [0.25, 0.3) is 0 Å². The second-order valence-corrected chi connectivity index (χ2v) is 5.56. The van der Waals surface area contributed by atoms with E-state index in [1.165, 1.54) is 28.4 Å². The number of fused-ring (bicyclic) bond motifs is 1. The third-order valence-corrected chi connectivity index (χ3v) is 4.21. The normalized spacial score (nSPS) is 10.6. The fourth-order valence-electron chi connectivity index (χ4n) is 2.85. The number of hydrogen-bond donors (Lipinski definition) is 0. The van der Waals surface area contributed by atoms with E-state index >= 15 is 0 Å². The van der Waals surface area contributed by atoms with Gasteiger partial charge in [-0.1, -0.05) is 0 Å². The first-order chi connectivity index (χ1) is 13.1. The smallest absolute Gasteiger partial charge is 0.235 e. The second-order valence-electron chi connectivity index (χ2n) is 5.56. The maximum Gasteiger partial charge on any atom is 0.235 e. The fourth-order valence-corrected chi connectivity index (χ4v) is 2.85. The molecule has 7 heteroatoms. The molecule has 0 aliphatic carbocycles. The highest BCUT2D eigenvalue weighted by Crippen LogP contribution is 2.43. The molecule has 142 valence electrons. The summed E-state index contributed by atoms with van der Waals surface area (Å²) < 4.78 is 32.7. The van der Waals surface area contributed by atoms with Crippen LogP contribution in [0.2, 0.25) is 0 Å². The van der Waals surface area contributed by atoms with Gasteiger partial charge in [-0.3, -0.25) is 4.79 Å². The molecule has 0 radical (unpaired) electrons. The average molecular weight is 372 g/mol. The van der Waals surface area contributed by atoms with Crippen LogP contribution in [0.15, 0.2) is 39.5 Å². The summed E-state index contributed by atoms with van der Waals surface area (Å²) >= 11 is 0. The van der Waals surface area contributed by atoms with E-state index < -0.39 is 0 Å². The summed E-state index contributed by atoms with van der Waals surface area (Å²) in [4.78, 5) is 12.9. The zero-order valence-corrected chi connectivity index (χ0v) is 15.7. The van der Waals surface area contributed by atoms with E-state index in [0.29, 0.717) is 39.5 Å². The predicted molar refractivity (Wildman–Crippen MR) is 101 cm³/mol. The van der Waals surface area contributed by atoms with Crippen molar-refractivity contribution in [3.05, 3.63) is 40.6 Å². The van der Waals surface area contributed by atoms with E-state index in [0.717, 1.165) is 0 Å². The molecular formula is C20H20O7. The van der Waals surface area contributed by atoms with Gasteiger partial charge in [-0.25, -0.2) is 0 Å². The SMILES string of the molecule is COc1ccc2c(=O)c(OC)c(-c3cc(OC)c(OC)cc3OC)oc2c1. The van der Waals surface area contributed by atoms with Crippen molar-refractivity contribution in [3.8, 4) is 40.1 Å². The molecule has 0 aliphatic rings. The highest BCUT2D eigenvalue weighted by molar-refractivity contribution is 5.85. The second kappa shape index (κ2) is 7.49. The number of benzene rings is 2. The van der Waals surface area contributed by atoms with Crippen LogP contribution >= 0.6 is 0 Å². The lowest BCUT2D eigenvalue weighted by Crippen LogP contribution is -2.08. The van der Waals surface area contributed by atoms with Crippen molar-refractivity contribution < 1.29 is 28.1 Å². The Bertz CT molecular complexity index is 1040. The van der Waals surface area contributed by atoms with Crippen molar-refractivity contribution in [3.63, 3.8) is 0 Å². The van der Waals surface area contributed by atoms with Crippen molar-refractivity contribution >= 4 is 11.0 Å². The Balaban J connectivity index is 2.37. The quantitative estimate of drug-likeness (QED) is 0.655. The van der Waals surface area contributed by atoms with Crippen LogP contribution in [0, 0.1) is 0 Å². The minimum atomic E-state index is -0.298. The zero-order chi connectivity index (χ0) is 19.6. The Kier molecular flexibility index (Phi) is 5.12. The van der Waals surface area contributed by atoms with Gasteiger partial charge in [0.2, 0.25) is 11.2 Å². The van der Waals surface area contributed by atoms with Crippen LogP contribution in [0.3, 0.4) is 0 Å². The van der Waals surface area contributed by atoms with Gasteiger partial charge >= 0.3 is 0 Å². The molecular weight excluding hydrogens is 352 g/mol. The summed E-state index contributed by atoms with van der Waals surface area (Å²) in [5.74, 6) is 2.25. The van der Waals surface area contributed by atoms with E-state index in [-0.39, 0.29) is 16.9 Å². The van der Waals surface area contributed by atoms with Crippen molar-refractivity contribution in [1.29, 1.82) is 0 Å². The Morgan fingerprint density at radius 1 is 0.741 bits per heavy atom. The maximum atomic E-state index is 12.9. The fraction of sp³-hybridized carbons (Fsp3) is 0.250. The van der Waals surface area contributed by atoms with E-state index in [1.54, 1.807) is 37.4 Å².